The van der Waals surface area contributed by atoms with E-state index in [2.05, 4.69) is 5.10 Å². The molecule has 0 bridgehead atoms. The normalized spacial score (nSPS) is 18.8. The lowest BCUT2D eigenvalue weighted by atomic mass is 9.82. The highest BCUT2D eigenvalue weighted by Crippen LogP contribution is 2.37. The first kappa shape index (κ1) is 14.9. The molecule has 1 aliphatic rings. The van der Waals surface area contributed by atoms with Gasteiger partial charge in [0.2, 0.25) is 0 Å². The maximum absolute atomic E-state index is 12.7. The Morgan fingerprint density at radius 1 is 1.40 bits per heavy atom. The average molecular weight is 290 g/mol. The van der Waals surface area contributed by atoms with Crippen LogP contribution in [0, 0.1) is 0 Å². The van der Waals surface area contributed by atoms with Gasteiger partial charge in [0, 0.05) is 6.20 Å². The molecule has 4 nitrogen and oxygen atoms in total. The van der Waals surface area contributed by atoms with Crippen molar-refractivity contribution < 1.29 is 22.7 Å². The molecule has 0 aliphatic heterocycles. The van der Waals surface area contributed by atoms with Gasteiger partial charge in [0.1, 0.15) is 0 Å². The minimum Gasteiger partial charge on any atom is -0.464 e. The van der Waals surface area contributed by atoms with Crippen molar-refractivity contribution in [2.45, 2.75) is 50.7 Å². The highest BCUT2D eigenvalue weighted by molar-refractivity contribution is 5.78. The molecule has 7 heteroatoms. The zero-order valence-corrected chi connectivity index (χ0v) is 11.2. The number of aromatic nitrogens is 2. The molecule has 0 spiro atoms. The highest BCUT2D eigenvalue weighted by Gasteiger charge is 2.45. The number of hydrogen-bond acceptors (Lipinski definition) is 3. The van der Waals surface area contributed by atoms with Crippen LogP contribution in [-0.4, -0.2) is 22.4 Å². The Hall–Kier alpha value is -1.53. The quantitative estimate of drug-likeness (QED) is 0.803. The Labute approximate surface area is 114 Å². The lowest BCUT2D eigenvalue weighted by Gasteiger charge is -2.35. The molecule has 1 saturated carbocycles. The Bertz CT molecular complexity index is 476. The van der Waals surface area contributed by atoms with Crippen LogP contribution in [0.2, 0.25) is 0 Å². The van der Waals surface area contributed by atoms with Crippen molar-refractivity contribution in [2.24, 2.45) is 0 Å². The largest absolute Gasteiger partial charge is 0.464 e. The summed E-state index contributed by atoms with van der Waals surface area (Å²) in [5, 5.41) is 3.57. The van der Waals surface area contributed by atoms with E-state index in [4.69, 9.17) is 4.74 Å². The molecule has 0 amide bonds. The molecule has 0 saturated heterocycles. The van der Waals surface area contributed by atoms with E-state index in [0.29, 0.717) is 12.8 Å². The van der Waals surface area contributed by atoms with Crippen molar-refractivity contribution in [1.29, 1.82) is 0 Å². The monoisotopic (exact) mass is 290 g/mol. The number of carbonyl (C=O) groups is 1. The fourth-order valence-corrected chi connectivity index (χ4v) is 2.64. The van der Waals surface area contributed by atoms with E-state index in [1.807, 2.05) is 0 Å². The van der Waals surface area contributed by atoms with Crippen LogP contribution in [0.15, 0.2) is 12.3 Å². The summed E-state index contributed by atoms with van der Waals surface area (Å²) in [5.74, 6) is -0.489. The zero-order valence-electron chi connectivity index (χ0n) is 11.2. The maximum Gasteiger partial charge on any atom is 0.435 e. The van der Waals surface area contributed by atoms with Gasteiger partial charge in [0.25, 0.3) is 0 Å². The van der Waals surface area contributed by atoms with Gasteiger partial charge < -0.3 is 4.74 Å². The van der Waals surface area contributed by atoms with Crippen molar-refractivity contribution in [3.63, 3.8) is 0 Å². The second kappa shape index (κ2) is 5.46. The Morgan fingerprint density at radius 2 is 2.05 bits per heavy atom. The van der Waals surface area contributed by atoms with Gasteiger partial charge >= 0.3 is 12.1 Å². The van der Waals surface area contributed by atoms with Crippen LogP contribution in [0.1, 0.15) is 44.7 Å². The predicted molar refractivity (Wildman–Crippen MR) is 64.9 cm³/mol. The fraction of sp³-hybridized carbons (Fsp3) is 0.692. The van der Waals surface area contributed by atoms with E-state index in [0.717, 1.165) is 30.0 Å². The fourth-order valence-electron chi connectivity index (χ4n) is 2.64. The number of rotatable bonds is 3. The lowest BCUT2D eigenvalue weighted by Crippen LogP contribution is -2.45. The second-order valence-electron chi connectivity index (χ2n) is 4.96. The summed E-state index contributed by atoms with van der Waals surface area (Å²) in [6.07, 6.45) is 0.172. The van der Waals surface area contributed by atoms with Gasteiger partial charge in [-0.25, -0.2) is 4.79 Å². The average Bonchev–Trinajstić information content (AvgIpc) is 2.89. The molecule has 112 valence electrons. The van der Waals surface area contributed by atoms with Gasteiger partial charge in [0.15, 0.2) is 11.2 Å². The van der Waals surface area contributed by atoms with Crippen molar-refractivity contribution in [1.82, 2.24) is 9.78 Å². The first-order chi connectivity index (χ1) is 9.40. The standard InChI is InChI=1S/C13H17F3N2O2/c1-2-20-11(19)12(7-4-3-5-8-12)18-9-6-10(17-18)13(14,15)16/h6,9H,2-5,7-8H2,1H3. The number of esters is 1. The third kappa shape index (κ3) is 2.66. The summed E-state index contributed by atoms with van der Waals surface area (Å²) >= 11 is 0. The molecule has 1 aromatic rings. The number of nitrogens with zero attached hydrogens (tertiary/aromatic N) is 2. The molecule has 1 aliphatic carbocycles. The summed E-state index contributed by atoms with van der Waals surface area (Å²) in [4.78, 5) is 12.2. The molecule has 1 fully saturated rings. The lowest BCUT2D eigenvalue weighted by molar-refractivity contribution is -0.158. The first-order valence-corrected chi connectivity index (χ1v) is 6.71. The van der Waals surface area contributed by atoms with E-state index >= 15 is 0 Å². The van der Waals surface area contributed by atoms with Crippen LogP contribution in [-0.2, 0) is 21.2 Å². The third-order valence-corrected chi connectivity index (χ3v) is 3.65. The van der Waals surface area contributed by atoms with E-state index in [9.17, 15) is 18.0 Å². The van der Waals surface area contributed by atoms with Crippen LogP contribution >= 0.6 is 0 Å². The van der Waals surface area contributed by atoms with Gasteiger partial charge in [-0.05, 0) is 25.8 Å². The minimum atomic E-state index is -4.50. The molecule has 0 N–H and O–H groups in total. The smallest absolute Gasteiger partial charge is 0.435 e. The number of halogens is 3. The molecule has 2 rings (SSSR count). The molecule has 0 aromatic carbocycles. The molecule has 1 aromatic heterocycles. The SMILES string of the molecule is CCOC(=O)C1(n2ccc(C(F)(F)F)n2)CCCCC1. The number of carbonyl (C=O) groups excluding carboxylic acids is 1. The summed E-state index contributed by atoms with van der Waals surface area (Å²) in [7, 11) is 0. The zero-order chi connectivity index (χ0) is 14.8. The Balaban J connectivity index is 2.36. The van der Waals surface area contributed by atoms with E-state index in [-0.39, 0.29) is 6.61 Å². The van der Waals surface area contributed by atoms with Gasteiger partial charge in [-0.1, -0.05) is 19.3 Å². The van der Waals surface area contributed by atoms with Crippen molar-refractivity contribution in [3.8, 4) is 0 Å². The molecular weight excluding hydrogens is 273 g/mol. The van der Waals surface area contributed by atoms with E-state index in [1.54, 1.807) is 6.92 Å². The van der Waals surface area contributed by atoms with E-state index < -0.39 is 23.4 Å². The summed E-state index contributed by atoms with van der Waals surface area (Å²) < 4.78 is 44.1. The van der Waals surface area contributed by atoms with Gasteiger partial charge in [-0.2, -0.15) is 18.3 Å². The molecule has 1 heterocycles. The molecule has 20 heavy (non-hydrogen) atoms. The van der Waals surface area contributed by atoms with Crippen molar-refractivity contribution in [2.75, 3.05) is 6.61 Å². The third-order valence-electron chi connectivity index (χ3n) is 3.65. The predicted octanol–water partition coefficient (Wildman–Crippen LogP) is 3.12. The highest BCUT2D eigenvalue weighted by atomic mass is 19.4. The topological polar surface area (TPSA) is 44.1 Å². The molecule has 0 radical (unpaired) electrons. The number of alkyl halides is 3. The minimum absolute atomic E-state index is 0.202. The van der Waals surface area contributed by atoms with Gasteiger partial charge in [-0.3, -0.25) is 4.68 Å². The van der Waals surface area contributed by atoms with Crippen LogP contribution in [0.25, 0.3) is 0 Å². The molecular formula is C13H17F3N2O2. The second-order valence-corrected chi connectivity index (χ2v) is 4.96. The van der Waals surface area contributed by atoms with Crippen LogP contribution in [0.3, 0.4) is 0 Å². The van der Waals surface area contributed by atoms with Crippen LogP contribution < -0.4 is 0 Å². The summed E-state index contributed by atoms with van der Waals surface area (Å²) in [6.45, 7) is 1.88. The van der Waals surface area contributed by atoms with Crippen molar-refractivity contribution >= 4 is 5.97 Å². The maximum atomic E-state index is 12.7. The Morgan fingerprint density at radius 3 is 2.55 bits per heavy atom. The number of ether oxygens (including phenoxy) is 1. The van der Waals surface area contributed by atoms with Crippen LogP contribution in [0.4, 0.5) is 13.2 Å². The molecule has 0 atom stereocenters. The summed E-state index contributed by atoms with van der Waals surface area (Å²) in [5.41, 5.74) is -2.07. The number of hydrogen-bond donors (Lipinski definition) is 0. The summed E-state index contributed by atoms with van der Waals surface area (Å²) in [6, 6.07) is 0.898. The first-order valence-electron chi connectivity index (χ1n) is 6.71. The van der Waals surface area contributed by atoms with Crippen LogP contribution in [0.5, 0.6) is 0 Å². The molecule has 0 unspecified atom stereocenters. The van der Waals surface area contributed by atoms with E-state index in [1.165, 1.54) is 6.20 Å². The van der Waals surface area contributed by atoms with Gasteiger partial charge in [-0.15, -0.1) is 0 Å². The van der Waals surface area contributed by atoms with Crippen molar-refractivity contribution in [3.05, 3.63) is 18.0 Å². The van der Waals surface area contributed by atoms with Gasteiger partial charge in [0.05, 0.1) is 6.61 Å². The Kier molecular flexibility index (Phi) is 4.06.